The van der Waals surface area contributed by atoms with Crippen LogP contribution in [-0.4, -0.2) is 29.3 Å². The zero-order valence-corrected chi connectivity index (χ0v) is 16.5. The second-order valence-electron chi connectivity index (χ2n) is 8.47. The molecule has 0 spiro atoms. The van der Waals surface area contributed by atoms with Crippen LogP contribution in [0.15, 0.2) is 60.7 Å². The number of amides is 2. The summed E-state index contributed by atoms with van der Waals surface area (Å²) in [5, 5.41) is 3.14. The molecule has 4 heteroatoms. The van der Waals surface area contributed by atoms with Gasteiger partial charge in [-0.3, -0.25) is 9.59 Å². The highest BCUT2D eigenvalue weighted by Crippen LogP contribution is 2.49. The zero-order valence-electron chi connectivity index (χ0n) is 16.5. The number of nitrogens with one attached hydrogen (secondary N) is 1. The Kier molecular flexibility index (Phi) is 5.21. The summed E-state index contributed by atoms with van der Waals surface area (Å²) >= 11 is 0. The van der Waals surface area contributed by atoms with E-state index in [0.29, 0.717) is 18.9 Å². The molecule has 2 aromatic rings. The van der Waals surface area contributed by atoms with Gasteiger partial charge in [-0.05, 0) is 35.8 Å². The first-order valence-electron chi connectivity index (χ1n) is 10.3. The normalized spacial score (nSPS) is 26.8. The van der Waals surface area contributed by atoms with Crippen LogP contribution in [0.5, 0.6) is 0 Å². The molecule has 4 atom stereocenters. The van der Waals surface area contributed by atoms with Gasteiger partial charge in [0.2, 0.25) is 11.8 Å². The lowest BCUT2D eigenvalue weighted by molar-refractivity contribution is -0.146. The van der Waals surface area contributed by atoms with Gasteiger partial charge in [-0.15, -0.1) is 0 Å². The van der Waals surface area contributed by atoms with E-state index in [-0.39, 0.29) is 35.7 Å². The second kappa shape index (κ2) is 7.78. The summed E-state index contributed by atoms with van der Waals surface area (Å²) in [5.41, 5.74) is 2.27. The second-order valence-corrected chi connectivity index (χ2v) is 8.47. The van der Waals surface area contributed by atoms with Gasteiger partial charge in [0.05, 0.1) is 6.04 Å². The fraction of sp³-hybridized carbons (Fsp3) is 0.417. The number of rotatable bonds is 5. The Morgan fingerprint density at radius 1 is 1.04 bits per heavy atom. The molecule has 4 nitrogen and oxygen atoms in total. The molecule has 1 aliphatic carbocycles. The summed E-state index contributed by atoms with van der Waals surface area (Å²) in [5.74, 6) is 0.741. The Morgan fingerprint density at radius 3 is 2.25 bits per heavy atom. The van der Waals surface area contributed by atoms with Crippen LogP contribution in [0.4, 0.5) is 0 Å². The molecule has 1 saturated heterocycles. The average molecular weight is 377 g/mol. The van der Waals surface area contributed by atoms with Crippen LogP contribution in [0.2, 0.25) is 0 Å². The summed E-state index contributed by atoms with van der Waals surface area (Å²) in [6.45, 7) is 4.75. The van der Waals surface area contributed by atoms with Crippen molar-refractivity contribution < 1.29 is 9.59 Å². The number of benzene rings is 2. The molecule has 2 aliphatic rings. The molecule has 1 N–H and O–H groups in total. The quantitative estimate of drug-likeness (QED) is 0.860. The van der Waals surface area contributed by atoms with E-state index in [1.807, 2.05) is 53.4 Å². The minimum Gasteiger partial charge on any atom is -0.346 e. The molecule has 0 aromatic heterocycles. The Morgan fingerprint density at radius 2 is 1.64 bits per heavy atom. The largest absolute Gasteiger partial charge is 0.346 e. The van der Waals surface area contributed by atoms with Crippen LogP contribution in [0.3, 0.4) is 0 Å². The van der Waals surface area contributed by atoms with Crippen LogP contribution in [-0.2, 0) is 9.59 Å². The number of nitrogens with zero attached hydrogens (tertiary/aromatic N) is 1. The third kappa shape index (κ3) is 3.82. The summed E-state index contributed by atoms with van der Waals surface area (Å²) in [4.78, 5) is 28.2. The van der Waals surface area contributed by atoms with Crippen LogP contribution in [0.25, 0.3) is 0 Å². The predicted octanol–water partition coefficient (Wildman–Crippen LogP) is 3.90. The molecule has 2 aromatic carbocycles. The highest BCUT2D eigenvalue weighted by atomic mass is 16.2. The smallest absolute Gasteiger partial charge is 0.243 e. The van der Waals surface area contributed by atoms with Crippen LogP contribution in [0, 0.1) is 11.8 Å². The minimum absolute atomic E-state index is 0.000569. The SMILES string of the molecule is CC(C)C[C@H]1C(=O)N[C@@H](c2ccccc2)CN1C(=O)[C@@H]1C[C@H]1c1ccccc1. The van der Waals surface area contributed by atoms with Crippen molar-refractivity contribution in [3.05, 3.63) is 71.8 Å². The maximum atomic E-state index is 13.4. The van der Waals surface area contributed by atoms with Crippen molar-refractivity contribution in [2.24, 2.45) is 11.8 Å². The monoisotopic (exact) mass is 376 g/mol. The van der Waals surface area contributed by atoms with Crippen LogP contribution < -0.4 is 5.32 Å². The fourth-order valence-electron chi connectivity index (χ4n) is 4.33. The molecule has 0 unspecified atom stereocenters. The lowest BCUT2D eigenvalue weighted by Gasteiger charge is -2.40. The molecule has 28 heavy (non-hydrogen) atoms. The topological polar surface area (TPSA) is 49.4 Å². The maximum Gasteiger partial charge on any atom is 0.243 e. The van der Waals surface area contributed by atoms with Crippen LogP contribution in [0.1, 0.15) is 49.8 Å². The Balaban J connectivity index is 1.55. The van der Waals surface area contributed by atoms with Crippen molar-refractivity contribution in [3.8, 4) is 0 Å². The van der Waals surface area contributed by atoms with Crippen LogP contribution >= 0.6 is 0 Å². The van der Waals surface area contributed by atoms with E-state index >= 15 is 0 Å². The Labute approximate surface area is 166 Å². The molecule has 0 bridgehead atoms. The number of hydrogen-bond acceptors (Lipinski definition) is 2. The van der Waals surface area contributed by atoms with Gasteiger partial charge in [0.1, 0.15) is 6.04 Å². The molecular formula is C24H28N2O2. The van der Waals surface area contributed by atoms with E-state index in [2.05, 4.69) is 31.3 Å². The maximum absolute atomic E-state index is 13.4. The van der Waals surface area contributed by atoms with Gasteiger partial charge in [0.25, 0.3) is 0 Å². The van der Waals surface area contributed by atoms with Gasteiger partial charge in [0.15, 0.2) is 0 Å². The Hall–Kier alpha value is -2.62. The Bertz CT molecular complexity index is 834. The van der Waals surface area contributed by atoms with E-state index in [0.717, 1.165) is 12.0 Å². The summed E-state index contributed by atoms with van der Waals surface area (Å²) < 4.78 is 0. The van der Waals surface area contributed by atoms with Crippen molar-refractivity contribution in [2.45, 2.75) is 44.7 Å². The highest BCUT2D eigenvalue weighted by molar-refractivity contribution is 5.91. The lowest BCUT2D eigenvalue weighted by atomic mass is 9.95. The molecule has 2 fully saturated rings. The molecule has 1 saturated carbocycles. The van der Waals surface area contributed by atoms with Crippen molar-refractivity contribution in [1.82, 2.24) is 10.2 Å². The van der Waals surface area contributed by atoms with E-state index in [1.54, 1.807) is 0 Å². The molecule has 1 aliphatic heterocycles. The molecule has 0 radical (unpaired) electrons. The number of carbonyl (C=O) groups is 2. The number of carbonyl (C=O) groups excluding carboxylic acids is 2. The van der Waals surface area contributed by atoms with Crippen molar-refractivity contribution in [3.63, 3.8) is 0 Å². The molecule has 4 rings (SSSR count). The molecule has 146 valence electrons. The zero-order chi connectivity index (χ0) is 19.7. The summed E-state index contributed by atoms with van der Waals surface area (Å²) in [7, 11) is 0. The number of piperazine rings is 1. The molecule has 2 amide bonds. The van der Waals surface area contributed by atoms with Crippen molar-refractivity contribution in [2.75, 3.05) is 6.54 Å². The van der Waals surface area contributed by atoms with Gasteiger partial charge >= 0.3 is 0 Å². The van der Waals surface area contributed by atoms with E-state index < -0.39 is 0 Å². The lowest BCUT2D eigenvalue weighted by Crippen LogP contribution is -2.59. The van der Waals surface area contributed by atoms with Gasteiger partial charge in [-0.2, -0.15) is 0 Å². The summed E-state index contributed by atoms with van der Waals surface area (Å²) in [6, 6.07) is 19.7. The van der Waals surface area contributed by atoms with Gasteiger partial charge in [-0.25, -0.2) is 0 Å². The first kappa shape index (κ1) is 18.7. The van der Waals surface area contributed by atoms with Crippen molar-refractivity contribution in [1.29, 1.82) is 0 Å². The summed E-state index contributed by atoms with van der Waals surface area (Å²) in [6.07, 6.45) is 1.58. The van der Waals surface area contributed by atoms with E-state index in [4.69, 9.17) is 0 Å². The molecular weight excluding hydrogens is 348 g/mol. The predicted molar refractivity (Wildman–Crippen MR) is 110 cm³/mol. The van der Waals surface area contributed by atoms with Gasteiger partial charge < -0.3 is 10.2 Å². The third-order valence-corrected chi connectivity index (χ3v) is 5.89. The minimum atomic E-state index is -0.371. The fourth-order valence-corrected chi connectivity index (χ4v) is 4.33. The highest BCUT2D eigenvalue weighted by Gasteiger charge is 2.49. The standard InChI is InChI=1S/C24H28N2O2/c1-16(2)13-22-23(27)25-21(18-11-7-4-8-12-18)15-26(22)24(28)20-14-19(20)17-9-5-3-6-10-17/h3-12,16,19-22H,13-15H2,1-2H3,(H,25,27)/t19-,20+,21+,22-/m0/s1. The molecule has 1 heterocycles. The first-order chi connectivity index (χ1) is 13.5. The van der Waals surface area contributed by atoms with Gasteiger partial charge in [-0.1, -0.05) is 74.5 Å². The van der Waals surface area contributed by atoms with E-state index in [9.17, 15) is 9.59 Å². The van der Waals surface area contributed by atoms with E-state index in [1.165, 1.54) is 5.56 Å². The first-order valence-corrected chi connectivity index (χ1v) is 10.3. The van der Waals surface area contributed by atoms with Gasteiger partial charge in [0, 0.05) is 12.5 Å². The number of hydrogen-bond donors (Lipinski definition) is 1. The third-order valence-electron chi connectivity index (χ3n) is 5.89. The van der Waals surface area contributed by atoms with Crippen molar-refractivity contribution >= 4 is 11.8 Å². The average Bonchev–Trinajstić information content (AvgIpc) is 3.51.